The highest BCUT2D eigenvalue weighted by molar-refractivity contribution is 6.46. The van der Waals surface area contributed by atoms with Crippen LogP contribution in [0.4, 0.5) is 15.8 Å². The van der Waals surface area contributed by atoms with E-state index >= 15 is 0 Å². The SMILES string of the molecule is Cc1ccc(C2=C(Nc3ccc4c(c3)OCO4)C(=O)N(c3ccc(F)cc3)C2=O)cc1. The molecule has 2 heterocycles. The number of hydrogen-bond donors (Lipinski definition) is 1. The first-order chi connectivity index (χ1) is 15.0. The van der Waals surface area contributed by atoms with Crippen molar-refractivity contribution in [3.8, 4) is 11.5 Å². The van der Waals surface area contributed by atoms with Crippen molar-refractivity contribution in [2.45, 2.75) is 6.92 Å². The molecule has 0 fully saturated rings. The zero-order chi connectivity index (χ0) is 21.5. The number of halogens is 1. The lowest BCUT2D eigenvalue weighted by atomic mass is 10.0. The molecular formula is C24H17FN2O4. The van der Waals surface area contributed by atoms with Crippen molar-refractivity contribution in [1.82, 2.24) is 0 Å². The lowest BCUT2D eigenvalue weighted by Crippen LogP contribution is -2.32. The van der Waals surface area contributed by atoms with Crippen LogP contribution in [0.3, 0.4) is 0 Å². The molecule has 31 heavy (non-hydrogen) atoms. The van der Waals surface area contributed by atoms with E-state index in [9.17, 15) is 14.0 Å². The quantitative estimate of drug-likeness (QED) is 0.644. The number of nitrogens with zero attached hydrogens (tertiary/aromatic N) is 1. The molecule has 3 aromatic rings. The maximum absolute atomic E-state index is 13.4. The van der Waals surface area contributed by atoms with Crippen molar-refractivity contribution in [2.24, 2.45) is 0 Å². The highest BCUT2D eigenvalue weighted by Gasteiger charge is 2.40. The number of ether oxygens (including phenoxy) is 2. The third-order valence-corrected chi connectivity index (χ3v) is 5.15. The molecule has 154 valence electrons. The molecule has 6 nitrogen and oxygen atoms in total. The van der Waals surface area contributed by atoms with Crippen LogP contribution in [0.2, 0.25) is 0 Å². The smallest absolute Gasteiger partial charge is 0.282 e. The van der Waals surface area contributed by atoms with Gasteiger partial charge in [0.15, 0.2) is 11.5 Å². The Morgan fingerprint density at radius 2 is 1.58 bits per heavy atom. The minimum atomic E-state index is -0.523. The fraction of sp³-hybridized carbons (Fsp3) is 0.0833. The van der Waals surface area contributed by atoms with Gasteiger partial charge in [0.05, 0.1) is 11.3 Å². The molecule has 1 N–H and O–H groups in total. The first kappa shape index (κ1) is 18.9. The van der Waals surface area contributed by atoms with Gasteiger partial charge in [0, 0.05) is 11.8 Å². The van der Waals surface area contributed by atoms with Crippen LogP contribution in [-0.4, -0.2) is 18.6 Å². The van der Waals surface area contributed by atoms with Crippen LogP contribution in [0, 0.1) is 12.7 Å². The molecule has 3 aromatic carbocycles. The van der Waals surface area contributed by atoms with Crippen LogP contribution >= 0.6 is 0 Å². The Labute approximate surface area is 177 Å². The lowest BCUT2D eigenvalue weighted by molar-refractivity contribution is -0.120. The predicted octanol–water partition coefficient (Wildman–Crippen LogP) is 4.26. The van der Waals surface area contributed by atoms with Gasteiger partial charge in [-0.2, -0.15) is 0 Å². The van der Waals surface area contributed by atoms with Crippen LogP contribution in [0.1, 0.15) is 11.1 Å². The Hall–Kier alpha value is -4.13. The summed E-state index contributed by atoms with van der Waals surface area (Å²) in [6.07, 6.45) is 0. The number of aryl methyl sites for hydroxylation is 1. The van der Waals surface area contributed by atoms with Gasteiger partial charge in [-0.05, 0) is 48.9 Å². The number of rotatable bonds is 4. The summed E-state index contributed by atoms with van der Waals surface area (Å²) in [4.78, 5) is 27.7. The highest BCUT2D eigenvalue weighted by Crippen LogP contribution is 2.37. The maximum Gasteiger partial charge on any atom is 0.282 e. The van der Waals surface area contributed by atoms with Crippen molar-refractivity contribution in [3.63, 3.8) is 0 Å². The van der Waals surface area contributed by atoms with Crippen molar-refractivity contribution in [1.29, 1.82) is 0 Å². The molecule has 7 heteroatoms. The van der Waals surface area contributed by atoms with Gasteiger partial charge in [0.25, 0.3) is 11.8 Å². The van der Waals surface area contributed by atoms with Gasteiger partial charge in [-0.3, -0.25) is 9.59 Å². The third kappa shape index (κ3) is 3.30. The van der Waals surface area contributed by atoms with Crippen LogP contribution in [0.5, 0.6) is 11.5 Å². The van der Waals surface area contributed by atoms with E-state index in [4.69, 9.17) is 9.47 Å². The summed E-state index contributed by atoms with van der Waals surface area (Å²) in [6, 6.07) is 17.8. The third-order valence-electron chi connectivity index (χ3n) is 5.15. The van der Waals surface area contributed by atoms with E-state index in [0.717, 1.165) is 10.5 Å². The normalized spacial score (nSPS) is 15.1. The number of imide groups is 1. The summed E-state index contributed by atoms with van der Waals surface area (Å²) in [7, 11) is 0. The van der Waals surface area contributed by atoms with Crippen LogP contribution in [0.15, 0.2) is 72.4 Å². The lowest BCUT2D eigenvalue weighted by Gasteiger charge is -2.15. The Morgan fingerprint density at radius 1 is 0.871 bits per heavy atom. The number of benzene rings is 3. The Morgan fingerprint density at radius 3 is 2.32 bits per heavy atom. The van der Waals surface area contributed by atoms with Crippen molar-refractivity contribution in [3.05, 3.63) is 89.4 Å². The molecule has 2 aliphatic heterocycles. The van der Waals surface area contributed by atoms with Gasteiger partial charge in [-0.15, -0.1) is 0 Å². The van der Waals surface area contributed by atoms with Gasteiger partial charge >= 0.3 is 0 Å². The van der Waals surface area contributed by atoms with E-state index in [1.807, 2.05) is 19.1 Å². The number of fused-ring (bicyclic) bond motifs is 1. The maximum atomic E-state index is 13.4. The number of amides is 2. The van der Waals surface area contributed by atoms with E-state index in [1.165, 1.54) is 24.3 Å². The van der Waals surface area contributed by atoms with Crippen LogP contribution in [0.25, 0.3) is 5.57 Å². The van der Waals surface area contributed by atoms with Gasteiger partial charge in [-0.1, -0.05) is 29.8 Å². The van der Waals surface area contributed by atoms with E-state index in [2.05, 4.69) is 5.32 Å². The number of hydrogen-bond acceptors (Lipinski definition) is 5. The van der Waals surface area contributed by atoms with E-state index in [-0.39, 0.29) is 18.1 Å². The highest BCUT2D eigenvalue weighted by atomic mass is 19.1. The molecule has 0 spiro atoms. The molecular weight excluding hydrogens is 399 g/mol. The monoisotopic (exact) mass is 416 g/mol. The minimum absolute atomic E-state index is 0.131. The molecule has 2 aliphatic rings. The van der Waals surface area contributed by atoms with Gasteiger partial charge < -0.3 is 14.8 Å². The standard InChI is InChI=1S/C24H17FN2O4/c1-14-2-4-15(5-3-14)21-22(26-17-8-11-19-20(12-17)31-13-30-19)24(29)27(23(21)28)18-9-6-16(25)7-10-18/h2-12,26H,13H2,1H3. The molecule has 2 amide bonds. The number of anilines is 2. The Kier molecular flexibility index (Phi) is 4.43. The minimum Gasteiger partial charge on any atom is -0.454 e. The molecule has 0 bridgehead atoms. The van der Waals surface area contributed by atoms with E-state index < -0.39 is 17.6 Å². The average Bonchev–Trinajstić information content (AvgIpc) is 3.32. The first-order valence-corrected chi connectivity index (χ1v) is 9.63. The molecule has 0 radical (unpaired) electrons. The molecule has 0 aromatic heterocycles. The van der Waals surface area contributed by atoms with Gasteiger partial charge in [0.2, 0.25) is 6.79 Å². The molecule has 5 rings (SSSR count). The average molecular weight is 416 g/mol. The van der Waals surface area contributed by atoms with Gasteiger partial charge in [0.1, 0.15) is 11.5 Å². The topological polar surface area (TPSA) is 67.9 Å². The fourth-order valence-corrected chi connectivity index (χ4v) is 3.58. The zero-order valence-electron chi connectivity index (χ0n) is 16.5. The second-order valence-electron chi connectivity index (χ2n) is 7.23. The van der Waals surface area contributed by atoms with Gasteiger partial charge in [-0.25, -0.2) is 9.29 Å². The molecule has 0 aliphatic carbocycles. The number of carbonyl (C=O) groups excluding carboxylic acids is 2. The van der Waals surface area contributed by atoms with Crippen molar-refractivity contribution < 1.29 is 23.5 Å². The largest absolute Gasteiger partial charge is 0.454 e. The molecule has 0 saturated heterocycles. The van der Waals surface area contributed by atoms with Crippen molar-refractivity contribution in [2.75, 3.05) is 17.0 Å². The summed E-state index contributed by atoms with van der Waals surface area (Å²) in [5.74, 6) is -0.295. The molecule has 0 saturated carbocycles. The Balaban J connectivity index is 1.59. The second kappa shape index (κ2) is 7.28. The summed E-state index contributed by atoms with van der Waals surface area (Å²) in [5.41, 5.74) is 2.89. The zero-order valence-corrected chi connectivity index (χ0v) is 16.5. The van der Waals surface area contributed by atoms with Crippen LogP contribution < -0.4 is 19.7 Å². The van der Waals surface area contributed by atoms with Crippen LogP contribution in [-0.2, 0) is 9.59 Å². The summed E-state index contributed by atoms with van der Waals surface area (Å²) >= 11 is 0. The first-order valence-electron chi connectivity index (χ1n) is 9.63. The van der Waals surface area contributed by atoms with Crippen molar-refractivity contribution >= 4 is 28.8 Å². The molecule has 0 atom stereocenters. The molecule has 0 unspecified atom stereocenters. The second-order valence-corrected chi connectivity index (χ2v) is 7.23. The fourth-order valence-electron chi connectivity index (χ4n) is 3.58. The number of nitrogens with one attached hydrogen (secondary N) is 1. The summed E-state index contributed by atoms with van der Waals surface area (Å²) < 4.78 is 24.1. The number of carbonyl (C=O) groups is 2. The Bertz CT molecular complexity index is 1230. The summed E-state index contributed by atoms with van der Waals surface area (Å²) in [6.45, 7) is 2.07. The summed E-state index contributed by atoms with van der Waals surface area (Å²) in [5, 5.41) is 3.08. The predicted molar refractivity (Wildman–Crippen MR) is 113 cm³/mol. The van der Waals surface area contributed by atoms with E-state index in [1.54, 1.807) is 30.3 Å². The van der Waals surface area contributed by atoms with E-state index in [0.29, 0.717) is 28.4 Å².